The second-order valence-corrected chi connectivity index (χ2v) is 6.29. The van der Waals surface area contributed by atoms with Crippen molar-refractivity contribution in [1.29, 1.82) is 0 Å². The Kier molecular flexibility index (Phi) is 6.24. The lowest BCUT2D eigenvalue weighted by molar-refractivity contribution is 0.163. The van der Waals surface area contributed by atoms with E-state index in [1.165, 1.54) is 4.88 Å². The smallest absolute Gasteiger partial charge is 0.315 e. The van der Waals surface area contributed by atoms with Gasteiger partial charge in [-0.25, -0.2) is 9.78 Å². The molecule has 2 atom stereocenters. The molecule has 1 rings (SSSR count). The second-order valence-electron chi connectivity index (χ2n) is 5.00. The number of amides is 2. The topological polar surface area (TPSA) is 74.2 Å². The lowest BCUT2D eigenvalue weighted by Crippen LogP contribution is -2.37. The largest absolute Gasteiger partial charge is 0.393 e. The fourth-order valence-electron chi connectivity index (χ4n) is 1.77. The molecule has 1 heterocycles. The molecule has 108 valence electrons. The number of nitrogens with one attached hydrogen (secondary N) is 2. The summed E-state index contributed by atoms with van der Waals surface area (Å²) in [5.74, 6) is 0.259. The first-order chi connectivity index (χ1) is 8.88. The van der Waals surface area contributed by atoms with Gasteiger partial charge in [0, 0.05) is 11.4 Å². The molecule has 2 amide bonds. The van der Waals surface area contributed by atoms with Crippen LogP contribution in [0.15, 0.2) is 0 Å². The molecule has 6 heteroatoms. The van der Waals surface area contributed by atoms with Crippen LogP contribution in [0.5, 0.6) is 0 Å². The van der Waals surface area contributed by atoms with E-state index in [0.29, 0.717) is 19.5 Å². The quantitative estimate of drug-likeness (QED) is 0.748. The van der Waals surface area contributed by atoms with E-state index in [9.17, 15) is 9.90 Å². The first-order valence-electron chi connectivity index (χ1n) is 6.51. The van der Waals surface area contributed by atoms with Crippen molar-refractivity contribution in [3.8, 4) is 0 Å². The average Bonchev–Trinajstić information content (AvgIpc) is 2.63. The Hall–Kier alpha value is -1.14. The second kappa shape index (κ2) is 7.45. The number of rotatable bonds is 6. The van der Waals surface area contributed by atoms with Gasteiger partial charge >= 0.3 is 6.03 Å². The number of nitrogens with zero attached hydrogens (tertiary/aromatic N) is 1. The minimum atomic E-state index is -0.332. The molecule has 0 aliphatic carbocycles. The summed E-state index contributed by atoms with van der Waals surface area (Å²) >= 11 is 1.60. The predicted molar refractivity (Wildman–Crippen MR) is 77.3 cm³/mol. The predicted octanol–water partition coefficient (Wildman–Crippen LogP) is 1.97. The van der Waals surface area contributed by atoms with E-state index in [0.717, 1.165) is 10.7 Å². The van der Waals surface area contributed by atoms with Crippen LogP contribution in [0.25, 0.3) is 0 Å². The third-order valence-electron chi connectivity index (χ3n) is 2.83. The monoisotopic (exact) mass is 285 g/mol. The summed E-state index contributed by atoms with van der Waals surface area (Å²) in [5.41, 5.74) is 1.02. The van der Waals surface area contributed by atoms with E-state index >= 15 is 0 Å². The molecule has 1 aromatic rings. The SMILES string of the molecule is Cc1nc(CNC(=O)NCC(C)CC(C)O)sc1C. The highest BCUT2D eigenvalue weighted by atomic mass is 32.1. The number of thiazole rings is 1. The minimum Gasteiger partial charge on any atom is -0.393 e. The number of carbonyl (C=O) groups is 1. The van der Waals surface area contributed by atoms with Gasteiger partial charge in [0.1, 0.15) is 5.01 Å². The van der Waals surface area contributed by atoms with Crippen molar-refractivity contribution >= 4 is 17.4 Å². The summed E-state index contributed by atoms with van der Waals surface area (Å²) in [6.07, 6.45) is 0.353. The van der Waals surface area contributed by atoms with Crippen LogP contribution in [0.1, 0.15) is 35.8 Å². The van der Waals surface area contributed by atoms with Gasteiger partial charge in [-0.15, -0.1) is 11.3 Å². The minimum absolute atomic E-state index is 0.192. The third kappa shape index (κ3) is 6.02. The molecule has 1 aromatic heterocycles. The molecule has 0 aromatic carbocycles. The van der Waals surface area contributed by atoms with E-state index in [4.69, 9.17) is 0 Å². The van der Waals surface area contributed by atoms with Crippen molar-refractivity contribution in [2.24, 2.45) is 5.92 Å². The van der Waals surface area contributed by atoms with Gasteiger partial charge in [0.2, 0.25) is 0 Å². The molecule has 0 spiro atoms. The molecule has 5 nitrogen and oxygen atoms in total. The highest BCUT2D eigenvalue weighted by Crippen LogP contribution is 2.15. The van der Waals surface area contributed by atoms with Gasteiger partial charge in [-0.05, 0) is 33.1 Å². The number of hydrogen-bond donors (Lipinski definition) is 3. The highest BCUT2D eigenvalue weighted by molar-refractivity contribution is 7.11. The molecule has 3 N–H and O–H groups in total. The Balaban J connectivity index is 2.24. The summed E-state index contributed by atoms with van der Waals surface area (Å²) in [6.45, 7) is 8.76. The van der Waals surface area contributed by atoms with Gasteiger partial charge < -0.3 is 15.7 Å². The first kappa shape index (κ1) is 15.9. The number of hydrogen-bond acceptors (Lipinski definition) is 4. The summed E-state index contributed by atoms with van der Waals surface area (Å²) < 4.78 is 0. The standard InChI is InChI=1S/C13H23N3O2S/c1-8(5-9(2)17)6-14-13(18)15-7-12-16-10(3)11(4)19-12/h8-9,17H,5-7H2,1-4H3,(H2,14,15,18). The zero-order valence-corrected chi connectivity index (χ0v) is 12.8. The zero-order chi connectivity index (χ0) is 14.4. The van der Waals surface area contributed by atoms with Crippen LogP contribution < -0.4 is 10.6 Å². The van der Waals surface area contributed by atoms with E-state index in [1.54, 1.807) is 18.3 Å². The van der Waals surface area contributed by atoms with Crippen LogP contribution in [-0.2, 0) is 6.54 Å². The third-order valence-corrected chi connectivity index (χ3v) is 3.90. The van der Waals surface area contributed by atoms with Crippen LogP contribution >= 0.6 is 11.3 Å². The van der Waals surface area contributed by atoms with Crippen molar-refractivity contribution in [1.82, 2.24) is 15.6 Å². The first-order valence-corrected chi connectivity index (χ1v) is 7.32. The summed E-state index contributed by atoms with van der Waals surface area (Å²) in [7, 11) is 0. The van der Waals surface area contributed by atoms with E-state index in [-0.39, 0.29) is 18.1 Å². The molecule has 0 bridgehead atoms. The Morgan fingerprint density at radius 3 is 2.58 bits per heavy atom. The summed E-state index contributed by atoms with van der Waals surface area (Å²) in [6, 6.07) is -0.192. The normalized spacial score (nSPS) is 13.9. The number of aryl methyl sites for hydroxylation is 2. The maximum absolute atomic E-state index is 11.6. The Bertz CT molecular complexity index is 399. The van der Waals surface area contributed by atoms with Crippen molar-refractivity contribution in [2.75, 3.05) is 6.54 Å². The molecule has 0 saturated heterocycles. The van der Waals surface area contributed by atoms with Crippen LogP contribution in [0.2, 0.25) is 0 Å². The van der Waals surface area contributed by atoms with E-state index in [2.05, 4.69) is 15.6 Å². The van der Waals surface area contributed by atoms with Gasteiger partial charge in [0.05, 0.1) is 18.3 Å². The molecule has 19 heavy (non-hydrogen) atoms. The highest BCUT2D eigenvalue weighted by Gasteiger charge is 2.09. The van der Waals surface area contributed by atoms with Gasteiger partial charge in [0.25, 0.3) is 0 Å². The fraction of sp³-hybridized carbons (Fsp3) is 0.692. The molecule has 0 saturated carbocycles. The Morgan fingerprint density at radius 1 is 1.37 bits per heavy atom. The number of aliphatic hydroxyl groups excluding tert-OH is 1. The van der Waals surface area contributed by atoms with Crippen molar-refractivity contribution in [2.45, 2.75) is 46.8 Å². The Morgan fingerprint density at radius 2 is 2.05 bits per heavy atom. The zero-order valence-electron chi connectivity index (χ0n) is 12.0. The summed E-state index contributed by atoms with van der Waals surface area (Å²) in [5, 5.41) is 15.7. The van der Waals surface area contributed by atoms with Crippen molar-refractivity contribution < 1.29 is 9.90 Å². The molecular formula is C13H23N3O2S. The maximum Gasteiger partial charge on any atom is 0.315 e. The molecular weight excluding hydrogens is 262 g/mol. The summed E-state index contributed by atoms with van der Waals surface area (Å²) in [4.78, 5) is 17.1. The van der Waals surface area contributed by atoms with E-state index < -0.39 is 0 Å². The number of aromatic nitrogens is 1. The van der Waals surface area contributed by atoms with Crippen LogP contribution in [0.3, 0.4) is 0 Å². The van der Waals surface area contributed by atoms with Gasteiger partial charge in [0.15, 0.2) is 0 Å². The maximum atomic E-state index is 11.6. The average molecular weight is 285 g/mol. The van der Waals surface area contributed by atoms with Crippen LogP contribution in [0.4, 0.5) is 4.79 Å². The number of aliphatic hydroxyl groups is 1. The fourth-order valence-corrected chi connectivity index (χ4v) is 2.64. The van der Waals surface area contributed by atoms with Crippen LogP contribution in [0, 0.1) is 19.8 Å². The van der Waals surface area contributed by atoms with Crippen molar-refractivity contribution in [3.05, 3.63) is 15.6 Å². The lowest BCUT2D eigenvalue weighted by atomic mass is 10.1. The number of urea groups is 1. The molecule has 0 aliphatic rings. The van der Waals surface area contributed by atoms with Gasteiger partial charge in [-0.1, -0.05) is 6.92 Å². The lowest BCUT2D eigenvalue weighted by Gasteiger charge is -2.14. The van der Waals surface area contributed by atoms with Gasteiger partial charge in [-0.3, -0.25) is 0 Å². The molecule has 0 radical (unpaired) electrons. The molecule has 0 fully saturated rings. The van der Waals surface area contributed by atoms with E-state index in [1.807, 2.05) is 20.8 Å². The number of carbonyl (C=O) groups excluding carboxylic acids is 1. The Labute approximate surface area is 118 Å². The molecule has 0 aliphatic heterocycles. The molecule has 2 unspecified atom stereocenters. The van der Waals surface area contributed by atoms with Crippen LogP contribution in [-0.4, -0.2) is 28.8 Å². The van der Waals surface area contributed by atoms with Crippen molar-refractivity contribution in [3.63, 3.8) is 0 Å². The van der Waals surface area contributed by atoms with Gasteiger partial charge in [-0.2, -0.15) is 0 Å².